The van der Waals surface area contributed by atoms with E-state index in [-0.39, 0.29) is 23.9 Å². The number of nitrogens with zero attached hydrogens (tertiary/aromatic N) is 3. The fraction of sp³-hybridized carbons (Fsp3) is 0.610. The highest BCUT2D eigenvalue weighted by Gasteiger charge is 2.65. The molecule has 10 heteroatoms. The predicted molar refractivity (Wildman–Crippen MR) is 196 cm³/mol. The second-order valence-corrected chi connectivity index (χ2v) is 19.4. The van der Waals surface area contributed by atoms with Crippen LogP contribution in [0.15, 0.2) is 36.4 Å². The van der Waals surface area contributed by atoms with E-state index >= 15 is 4.79 Å². The van der Waals surface area contributed by atoms with Crippen molar-refractivity contribution in [2.24, 2.45) is 11.3 Å². The van der Waals surface area contributed by atoms with Crippen LogP contribution in [-0.2, 0) is 21.4 Å². The molecule has 0 radical (unpaired) electrons. The van der Waals surface area contributed by atoms with Gasteiger partial charge in [0.05, 0.1) is 23.0 Å². The van der Waals surface area contributed by atoms with Crippen molar-refractivity contribution in [1.29, 1.82) is 0 Å². The molecule has 4 heterocycles. The van der Waals surface area contributed by atoms with E-state index in [1.165, 1.54) is 36.1 Å². The number of likely N-dealkylation sites (N-methyl/N-ethyl adjacent to an activating group) is 1. The first-order valence-electron chi connectivity index (χ1n) is 19.5. The smallest absolute Gasteiger partial charge is 0.264 e. The third-order valence-electron chi connectivity index (χ3n) is 14.1. The third-order valence-corrected chi connectivity index (χ3v) is 16.2. The van der Waals surface area contributed by atoms with Gasteiger partial charge in [0, 0.05) is 59.7 Å². The van der Waals surface area contributed by atoms with E-state index in [9.17, 15) is 13.2 Å². The van der Waals surface area contributed by atoms with E-state index in [2.05, 4.69) is 44.3 Å². The minimum Gasteiger partial charge on any atom is -0.497 e. The highest BCUT2D eigenvalue weighted by atomic mass is 32.2. The van der Waals surface area contributed by atoms with Crippen LogP contribution < -0.4 is 9.46 Å². The molecule has 3 aliphatic heterocycles. The molecule has 4 aliphatic carbocycles. The number of benzene rings is 2. The molecule has 0 spiro atoms. The predicted octanol–water partition coefficient (Wildman–Crippen LogP) is 6.55. The van der Waals surface area contributed by atoms with Gasteiger partial charge < -0.3 is 19.1 Å². The Kier molecular flexibility index (Phi) is 7.16. The number of likely N-dealkylation sites (tertiary alicyclic amines) is 1. The summed E-state index contributed by atoms with van der Waals surface area (Å²) in [5.41, 5.74) is 5.54. The Morgan fingerprint density at radius 1 is 0.941 bits per heavy atom. The monoisotopic (exact) mass is 710 g/mol. The van der Waals surface area contributed by atoms with Gasteiger partial charge >= 0.3 is 0 Å². The lowest BCUT2D eigenvalue weighted by Crippen LogP contribution is -2.57. The lowest BCUT2D eigenvalue weighted by atomic mass is 9.81. The Morgan fingerprint density at radius 2 is 1.69 bits per heavy atom. The van der Waals surface area contributed by atoms with E-state index in [4.69, 9.17) is 4.74 Å². The zero-order chi connectivity index (χ0) is 34.9. The quantitative estimate of drug-likeness (QED) is 0.285. The first kappa shape index (κ1) is 32.3. The van der Waals surface area contributed by atoms with E-state index in [1.807, 2.05) is 18.2 Å². The van der Waals surface area contributed by atoms with Gasteiger partial charge in [-0.3, -0.25) is 9.59 Å². The number of carbonyl (C=O) groups excluding carboxylic acids is 2. The first-order valence-corrected chi connectivity index (χ1v) is 21.0. The van der Waals surface area contributed by atoms with Crippen LogP contribution in [0.4, 0.5) is 0 Å². The van der Waals surface area contributed by atoms with E-state index in [0.29, 0.717) is 43.2 Å². The summed E-state index contributed by atoms with van der Waals surface area (Å²) in [7, 11) is 0.0739. The molecule has 4 atom stereocenters. The molecule has 51 heavy (non-hydrogen) atoms. The number of amides is 2. The number of carbonyl (C=O) groups is 2. The maximum absolute atomic E-state index is 15.1. The summed E-state index contributed by atoms with van der Waals surface area (Å²) in [5.74, 6) is 1.45. The Morgan fingerprint density at radius 3 is 2.37 bits per heavy atom. The molecule has 6 fully saturated rings. The summed E-state index contributed by atoms with van der Waals surface area (Å²) in [5, 5.41) is 1.12. The lowest BCUT2D eigenvalue weighted by molar-refractivity contribution is -0.143. The average molecular weight is 711 g/mol. The summed E-state index contributed by atoms with van der Waals surface area (Å²) >= 11 is 0. The maximum Gasteiger partial charge on any atom is 0.264 e. The Bertz CT molecular complexity index is 2060. The highest BCUT2D eigenvalue weighted by Crippen LogP contribution is 2.67. The molecule has 7 aliphatic rings. The number of nitrogens with one attached hydrogen (secondary N) is 1. The topological polar surface area (TPSA) is 101 Å². The maximum atomic E-state index is 15.1. The van der Waals surface area contributed by atoms with Crippen LogP contribution in [0.3, 0.4) is 0 Å². The summed E-state index contributed by atoms with van der Waals surface area (Å²) < 4.78 is 37.1. The molecule has 270 valence electrons. The molecule has 1 N–H and O–H groups in total. The van der Waals surface area contributed by atoms with Gasteiger partial charge in [-0.05, 0) is 112 Å². The van der Waals surface area contributed by atoms with Crippen LogP contribution in [0.5, 0.6) is 5.75 Å². The van der Waals surface area contributed by atoms with Gasteiger partial charge in [-0.25, -0.2) is 13.1 Å². The van der Waals surface area contributed by atoms with Gasteiger partial charge in [-0.2, -0.15) is 0 Å². The minimum atomic E-state index is -3.80. The lowest BCUT2D eigenvalue weighted by Gasteiger charge is -2.41. The van der Waals surface area contributed by atoms with E-state index in [1.54, 1.807) is 7.11 Å². The zero-order valence-electron chi connectivity index (χ0n) is 30.0. The number of hydrogen-bond donors (Lipinski definition) is 1. The van der Waals surface area contributed by atoms with Crippen molar-refractivity contribution >= 4 is 32.7 Å². The van der Waals surface area contributed by atoms with E-state index < -0.39 is 26.1 Å². The SMILES string of the molecule is COc1ccc2c(c1)C1CC1(C(=O)N1C3CCC1CN(C)C3)Cn1c-2c(C2CCCCC2)c2ccc(C(=O)NS(=O)(=O)C3(CC4CC4)CC3)cc21. The Labute approximate surface area is 301 Å². The number of piperazine rings is 1. The van der Waals surface area contributed by atoms with Crippen LogP contribution in [0.2, 0.25) is 0 Å². The molecule has 9 nitrogen and oxygen atoms in total. The molecule has 2 amide bonds. The fourth-order valence-corrected chi connectivity index (χ4v) is 12.7. The van der Waals surface area contributed by atoms with Crippen LogP contribution in [-0.4, -0.2) is 78.7 Å². The molecule has 2 aromatic carbocycles. The average Bonchev–Trinajstić information content (AvgIpc) is 4.05. The standard InChI is InChI=1S/C41H50N4O5S/c1-43-22-28-11-12-29(23-43)45(28)39(47)41-21-34(41)33-19-30(50-2)13-15-31(33)37-36(26-6-4-3-5-7-26)32-14-10-27(18-35(32)44(37)24-41)38(46)42-51(48,49)40(16-17-40)20-25-8-9-25/h10,13-15,18-19,25-26,28-29,34H,3-9,11-12,16-17,20-24H2,1-2H3,(H,42,46). The Hall–Kier alpha value is -3.37. The fourth-order valence-electron chi connectivity index (χ4n) is 11.0. The minimum absolute atomic E-state index is 0.0844. The van der Waals surface area contributed by atoms with Gasteiger partial charge in [-0.1, -0.05) is 38.2 Å². The van der Waals surface area contributed by atoms with Gasteiger partial charge in [0.1, 0.15) is 5.75 Å². The molecule has 1 aromatic heterocycles. The van der Waals surface area contributed by atoms with Crippen LogP contribution in [0.25, 0.3) is 22.2 Å². The number of ether oxygens (including phenoxy) is 1. The zero-order valence-corrected chi connectivity index (χ0v) is 30.8. The number of aromatic nitrogens is 1. The van der Waals surface area contributed by atoms with E-state index in [0.717, 1.165) is 80.3 Å². The van der Waals surface area contributed by atoms with Crippen LogP contribution >= 0.6 is 0 Å². The third kappa shape index (κ3) is 4.98. The molecule has 4 unspecified atom stereocenters. The Balaban J connectivity index is 1.11. The summed E-state index contributed by atoms with van der Waals surface area (Å²) in [4.78, 5) is 33.6. The molecular weight excluding hydrogens is 661 g/mol. The molecule has 2 bridgehead atoms. The molecule has 3 aromatic rings. The summed E-state index contributed by atoms with van der Waals surface area (Å²) in [6, 6.07) is 12.7. The van der Waals surface area contributed by atoms with Crippen molar-refractivity contribution in [1.82, 2.24) is 19.1 Å². The number of fused-ring (bicyclic) bond motifs is 9. The van der Waals surface area contributed by atoms with Gasteiger partial charge in [0.15, 0.2) is 0 Å². The van der Waals surface area contributed by atoms with Gasteiger partial charge in [-0.15, -0.1) is 0 Å². The summed E-state index contributed by atoms with van der Waals surface area (Å²) in [6.07, 6.45) is 12.8. The molecule has 10 rings (SSSR count). The molecule has 4 saturated carbocycles. The second kappa shape index (κ2) is 11.3. The normalized spacial score (nSPS) is 29.5. The van der Waals surface area contributed by atoms with Crippen molar-refractivity contribution in [2.75, 3.05) is 27.2 Å². The van der Waals surface area contributed by atoms with Crippen molar-refractivity contribution in [3.8, 4) is 17.0 Å². The number of hydrogen-bond acceptors (Lipinski definition) is 6. The number of methoxy groups -OCH3 is 1. The largest absolute Gasteiger partial charge is 0.497 e. The second-order valence-electron chi connectivity index (χ2n) is 17.4. The van der Waals surface area contributed by atoms with Gasteiger partial charge in [0.2, 0.25) is 15.9 Å². The molecular formula is C41H50N4O5S. The van der Waals surface area contributed by atoms with Crippen molar-refractivity contribution in [2.45, 2.75) is 119 Å². The summed E-state index contributed by atoms with van der Waals surface area (Å²) in [6.45, 7) is 2.38. The van der Waals surface area contributed by atoms with Crippen LogP contribution in [0.1, 0.15) is 117 Å². The number of sulfonamides is 1. The van der Waals surface area contributed by atoms with Gasteiger partial charge in [0.25, 0.3) is 5.91 Å². The van der Waals surface area contributed by atoms with Crippen molar-refractivity contribution in [3.63, 3.8) is 0 Å². The van der Waals surface area contributed by atoms with Crippen molar-refractivity contribution < 1.29 is 22.7 Å². The van der Waals surface area contributed by atoms with Crippen molar-refractivity contribution in [3.05, 3.63) is 53.1 Å². The highest BCUT2D eigenvalue weighted by molar-refractivity contribution is 7.91. The molecule has 2 saturated heterocycles. The number of rotatable bonds is 8. The first-order chi connectivity index (χ1) is 24.6. The van der Waals surface area contributed by atoms with Crippen LogP contribution in [0, 0.1) is 11.3 Å².